The molecule has 1 unspecified atom stereocenters. The van der Waals surface area contributed by atoms with Crippen molar-refractivity contribution in [3.63, 3.8) is 0 Å². The summed E-state index contributed by atoms with van der Waals surface area (Å²) in [5.41, 5.74) is 1.43. The van der Waals surface area contributed by atoms with Gasteiger partial charge in [-0.25, -0.2) is 0 Å². The van der Waals surface area contributed by atoms with Gasteiger partial charge in [0.05, 0.1) is 6.10 Å². The molecule has 0 aromatic heterocycles. The van der Waals surface area contributed by atoms with E-state index in [0.717, 1.165) is 31.7 Å². The fraction of sp³-hybridized carbons (Fsp3) is 0.647. The van der Waals surface area contributed by atoms with Gasteiger partial charge in [-0.1, -0.05) is 30.3 Å². The zero-order chi connectivity index (χ0) is 13.5. The molecule has 2 nitrogen and oxygen atoms in total. The molecule has 1 saturated carbocycles. The van der Waals surface area contributed by atoms with E-state index in [1.54, 1.807) is 0 Å². The van der Waals surface area contributed by atoms with Gasteiger partial charge in [0, 0.05) is 6.04 Å². The zero-order valence-electron chi connectivity index (χ0n) is 12.0. The Morgan fingerprint density at radius 3 is 2.53 bits per heavy atom. The first-order valence-corrected chi connectivity index (χ1v) is 7.69. The molecule has 1 fully saturated rings. The summed E-state index contributed by atoms with van der Waals surface area (Å²) >= 11 is 0. The first-order chi connectivity index (χ1) is 9.24. The molecule has 1 aliphatic rings. The molecule has 0 amide bonds. The third-order valence-electron chi connectivity index (χ3n) is 4.28. The van der Waals surface area contributed by atoms with Crippen LogP contribution < -0.4 is 5.32 Å². The van der Waals surface area contributed by atoms with Gasteiger partial charge in [-0.3, -0.25) is 0 Å². The van der Waals surface area contributed by atoms with Crippen molar-refractivity contribution in [3.05, 3.63) is 35.9 Å². The molecular formula is C17H27NO. The number of nitrogens with one attached hydrogen (secondary N) is 1. The number of aliphatic hydroxyl groups is 1. The van der Waals surface area contributed by atoms with Crippen LogP contribution in [0.5, 0.6) is 0 Å². The largest absolute Gasteiger partial charge is 0.393 e. The monoisotopic (exact) mass is 261 g/mol. The normalized spacial score (nSPS) is 25.2. The average molecular weight is 261 g/mol. The Balaban J connectivity index is 1.61. The second kappa shape index (κ2) is 7.66. The molecule has 0 radical (unpaired) electrons. The Bertz CT molecular complexity index is 344. The van der Waals surface area contributed by atoms with Crippen LogP contribution in [0.4, 0.5) is 0 Å². The van der Waals surface area contributed by atoms with Gasteiger partial charge in [-0.15, -0.1) is 0 Å². The Kier molecular flexibility index (Phi) is 5.87. The van der Waals surface area contributed by atoms with Gasteiger partial charge in [0.2, 0.25) is 0 Å². The van der Waals surface area contributed by atoms with Gasteiger partial charge in [0.25, 0.3) is 0 Å². The maximum absolute atomic E-state index is 9.49. The number of hydrogen-bond donors (Lipinski definition) is 2. The van der Waals surface area contributed by atoms with Crippen molar-refractivity contribution >= 4 is 0 Å². The summed E-state index contributed by atoms with van der Waals surface area (Å²) in [6.07, 6.45) is 6.65. The quantitative estimate of drug-likeness (QED) is 0.824. The highest BCUT2D eigenvalue weighted by Gasteiger charge is 2.19. The summed E-state index contributed by atoms with van der Waals surface area (Å²) in [7, 11) is 0. The van der Waals surface area contributed by atoms with E-state index in [4.69, 9.17) is 0 Å². The summed E-state index contributed by atoms with van der Waals surface area (Å²) in [5, 5.41) is 13.2. The highest BCUT2D eigenvalue weighted by molar-refractivity contribution is 5.14. The Morgan fingerprint density at radius 1 is 1.16 bits per heavy atom. The van der Waals surface area contributed by atoms with Crippen LogP contribution >= 0.6 is 0 Å². The molecule has 2 rings (SSSR count). The average Bonchev–Trinajstić information content (AvgIpc) is 2.45. The molecule has 1 aromatic rings. The van der Waals surface area contributed by atoms with Gasteiger partial charge in [0.1, 0.15) is 0 Å². The van der Waals surface area contributed by atoms with Crippen LogP contribution in [0.3, 0.4) is 0 Å². The van der Waals surface area contributed by atoms with E-state index in [2.05, 4.69) is 42.6 Å². The van der Waals surface area contributed by atoms with Crippen LogP contribution in [0.2, 0.25) is 0 Å². The molecule has 1 aromatic carbocycles. The lowest BCUT2D eigenvalue weighted by molar-refractivity contribution is 0.107. The minimum absolute atomic E-state index is 0.0354. The molecule has 19 heavy (non-hydrogen) atoms. The zero-order valence-corrected chi connectivity index (χ0v) is 12.0. The molecule has 0 bridgehead atoms. The second-order valence-electron chi connectivity index (χ2n) is 6.01. The Labute approximate surface area is 117 Å². The number of aryl methyl sites for hydroxylation is 1. The lowest BCUT2D eigenvalue weighted by atomic mass is 9.87. The number of benzene rings is 1. The SMILES string of the molecule is CC(CCc1ccccc1)NCC1CCC(O)CC1. The van der Waals surface area contributed by atoms with Crippen LogP contribution in [-0.2, 0) is 6.42 Å². The maximum atomic E-state index is 9.49. The second-order valence-corrected chi connectivity index (χ2v) is 6.01. The first kappa shape index (κ1) is 14.5. The summed E-state index contributed by atoms with van der Waals surface area (Å²) < 4.78 is 0. The van der Waals surface area contributed by atoms with Crippen molar-refractivity contribution in [3.8, 4) is 0 Å². The maximum Gasteiger partial charge on any atom is 0.0540 e. The fourth-order valence-electron chi connectivity index (χ4n) is 2.85. The van der Waals surface area contributed by atoms with Gasteiger partial charge >= 0.3 is 0 Å². The van der Waals surface area contributed by atoms with Gasteiger partial charge in [-0.2, -0.15) is 0 Å². The highest BCUT2D eigenvalue weighted by atomic mass is 16.3. The standard InChI is InChI=1S/C17H27NO/c1-14(7-8-15-5-3-2-4-6-15)18-13-16-9-11-17(19)12-10-16/h2-6,14,16-19H,7-13H2,1H3. The van der Waals surface area contributed by atoms with Crippen molar-refractivity contribution in [1.82, 2.24) is 5.32 Å². The minimum Gasteiger partial charge on any atom is -0.393 e. The van der Waals surface area contributed by atoms with Crippen LogP contribution in [0.25, 0.3) is 0 Å². The molecule has 1 aliphatic carbocycles. The van der Waals surface area contributed by atoms with Crippen molar-refractivity contribution < 1.29 is 5.11 Å². The van der Waals surface area contributed by atoms with E-state index in [9.17, 15) is 5.11 Å². The third-order valence-corrected chi connectivity index (χ3v) is 4.28. The van der Waals surface area contributed by atoms with Crippen molar-refractivity contribution in [2.75, 3.05) is 6.54 Å². The number of hydrogen-bond acceptors (Lipinski definition) is 2. The molecular weight excluding hydrogens is 234 g/mol. The minimum atomic E-state index is -0.0354. The van der Waals surface area contributed by atoms with E-state index < -0.39 is 0 Å². The lowest BCUT2D eigenvalue weighted by Crippen LogP contribution is -2.33. The van der Waals surface area contributed by atoms with E-state index in [0.29, 0.717) is 6.04 Å². The van der Waals surface area contributed by atoms with Crippen molar-refractivity contribution in [1.29, 1.82) is 0 Å². The van der Waals surface area contributed by atoms with E-state index in [-0.39, 0.29) is 6.10 Å². The molecule has 0 heterocycles. The molecule has 0 saturated heterocycles. The first-order valence-electron chi connectivity index (χ1n) is 7.69. The molecule has 2 N–H and O–H groups in total. The van der Waals surface area contributed by atoms with E-state index in [1.807, 2.05) is 0 Å². The smallest absolute Gasteiger partial charge is 0.0540 e. The summed E-state index contributed by atoms with van der Waals surface area (Å²) in [4.78, 5) is 0. The fourth-order valence-corrected chi connectivity index (χ4v) is 2.85. The molecule has 0 spiro atoms. The Morgan fingerprint density at radius 2 is 1.84 bits per heavy atom. The van der Waals surface area contributed by atoms with Crippen molar-refractivity contribution in [2.45, 2.75) is 57.6 Å². The molecule has 106 valence electrons. The van der Waals surface area contributed by atoms with E-state index >= 15 is 0 Å². The van der Waals surface area contributed by atoms with Crippen LogP contribution in [0, 0.1) is 5.92 Å². The Hall–Kier alpha value is -0.860. The summed E-state index contributed by atoms with van der Waals surface area (Å²) in [6.45, 7) is 3.39. The number of rotatable bonds is 6. The molecule has 2 heteroatoms. The number of aliphatic hydroxyl groups excluding tert-OH is 1. The van der Waals surface area contributed by atoms with Crippen LogP contribution in [-0.4, -0.2) is 23.8 Å². The van der Waals surface area contributed by atoms with Gasteiger partial charge < -0.3 is 10.4 Å². The van der Waals surface area contributed by atoms with Crippen molar-refractivity contribution in [2.24, 2.45) is 5.92 Å². The summed E-state index contributed by atoms with van der Waals surface area (Å²) in [6, 6.07) is 11.3. The lowest BCUT2D eigenvalue weighted by Gasteiger charge is -2.27. The third kappa shape index (κ3) is 5.33. The molecule has 1 atom stereocenters. The van der Waals surface area contributed by atoms with E-state index in [1.165, 1.54) is 24.8 Å². The predicted molar refractivity (Wildman–Crippen MR) is 80.2 cm³/mol. The highest BCUT2D eigenvalue weighted by Crippen LogP contribution is 2.23. The topological polar surface area (TPSA) is 32.3 Å². The van der Waals surface area contributed by atoms with Gasteiger partial charge in [0.15, 0.2) is 0 Å². The molecule has 0 aliphatic heterocycles. The van der Waals surface area contributed by atoms with Crippen LogP contribution in [0.15, 0.2) is 30.3 Å². The van der Waals surface area contributed by atoms with Crippen LogP contribution in [0.1, 0.15) is 44.6 Å². The van der Waals surface area contributed by atoms with Gasteiger partial charge in [-0.05, 0) is 63.5 Å². The predicted octanol–water partition coefficient (Wildman–Crippen LogP) is 3.15. The summed E-state index contributed by atoms with van der Waals surface area (Å²) in [5.74, 6) is 0.766.